The van der Waals surface area contributed by atoms with Crippen LogP contribution in [0.5, 0.6) is 0 Å². The number of allylic oxidation sites excluding steroid dienone is 5. The van der Waals surface area contributed by atoms with E-state index in [1.807, 2.05) is 0 Å². The Morgan fingerprint density at radius 2 is 1.28 bits per heavy atom. The van der Waals surface area contributed by atoms with Crippen LogP contribution in [0.1, 0.15) is 55.8 Å². The molecule has 2 aliphatic heterocycles. The lowest BCUT2D eigenvalue weighted by atomic mass is 9.72. The molecule has 6 aliphatic rings. The molecule has 4 nitrogen and oxygen atoms in total. The predicted molar refractivity (Wildman–Crippen MR) is 271 cm³/mol. The molecule has 0 bridgehead atoms. The van der Waals surface area contributed by atoms with Crippen LogP contribution in [0.3, 0.4) is 0 Å². The molecule has 65 heavy (non-hydrogen) atoms. The van der Waals surface area contributed by atoms with Gasteiger partial charge in [0.2, 0.25) is 0 Å². The zero-order valence-corrected chi connectivity index (χ0v) is 36.7. The van der Waals surface area contributed by atoms with E-state index in [2.05, 4.69) is 220 Å². The first-order chi connectivity index (χ1) is 32.2. The molecule has 6 aromatic carbocycles. The minimum absolute atomic E-state index is 0.129. The highest BCUT2D eigenvalue weighted by atomic mass is 15.3. The van der Waals surface area contributed by atoms with Crippen LogP contribution in [0, 0.1) is 11.8 Å². The van der Waals surface area contributed by atoms with Crippen LogP contribution < -0.4 is 9.80 Å². The number of fused-ring (bicyclic) bond motifs is 12. The van der Waals surface area contributed by atoms with Gasteiger partial charge in [-0.3, -0.25) is 0 Å². The van der Waals surface area contributed by atoms with Crippen LogP contribution in [-0.2, 0) is 6.42 Å². The second kappa shape index (κ2) is 14.1. The second-order valence-corrected chi connectivity index (χ2v) is 19.1. The standard InChI is InChI=1S/C61H50N4/c1-61-37-21-20-33-51(61)56-48(39-50-45-31-15-18-35-53(45)63(41-24-8-3-9-25-41)58(50)60(56)65(61)43-28-12-5-13-29-43)47-38-49-44-30-14-17-34-52(44)62(40-22-6-2-7-23-40)57(49)59-55(47)46-32-16-19-36-54(46)64(59)42-26-10-4-11-27-42/h2-13,16-17,19-29,32-34,36-39,50-51,58H,14-15,18,30-31,35H2,1H3. The quantitative estimate of drug-likeness (QED) is 0.172. The number of nitrogens with zero attached hydrogens (tertiary/aromatic N) is 4. The van der Waals surface area contributed by atoms with E-state index in [1.165, 1.54) is 102 Å². The molecule has 4 heteroatoms. The van der Waals surface area contributed by atoms with Crippen LogP contribution in [0.4, 0.5) is 11.4 Å². The van der Waals surface area contributed by atoms with Crippen molar-refractivity contribution in [3.05, 3.63) is 227 Å². The number of benzene rings is 6. The molecule has 0 amide bonds. The van der Waals surface area contributed by atoms with Crippen molar-refractivity contribution in [3.8, 4) is 11.4 Å². The maximum absolute atomic E-state index is 2.79. The number of rotatable bonds is 5. The summed E-state index contributed by atoms with van der Waals surface area (Å²) in [5, 5.41) is 3.98. The Hall–Kier alpha value is -7.30. The van der Waals surface area contributed by atoms with Gasteiger partial charge in [-0.05, 0) is 140 Å². The SMILES string of the molecule is CC12C=CC=CC1C1=C(C3C(C=C1c1cc4c5c(n(-c6ccccc6)c4c4c1c1ccccc1n4-c1ccccc1)C=CCC5)C1=C(CCCC1)N3c1ccccc1)N2c1ccccc1. The van der Waals surface area contributed by atoms with Crippen molar-refractivity contribution in [2.45, 2.75) is 57.0 Å². The smallest absolute Gasteiger partial charge is 0.0843 e. The summed E-state index contributed by atoms with van der Waals surface area (Å²) in [6.45, 7) is 2.49. The molecule has 4 unspecified atom stereocenters. The Morgan fingerprint density at radius 1 is 0.615 bits per heavy atom. The van der Waals surface area contributed by atoms with Crippen molar-refractivity contribution in [2.24, 2.45) is 11.8 Å². The third-order valence-corrected chi connectivity index (χ3v) is 15.7. The van der Waals surface area contributed by atoms with E-state index >= 15 is 0 Å². The summed E-state index contributed by atoms with van der Waals surface area (Å²) in [6, 6.07) is 56.8. The van der Waals surface area contributed by atoms with Crippen molar-refractivity contribution >= 4 is 55.7 Å². The molecular weight excluding hydrogens is 789 g/mol. The van der Waals surface area contributed by atoms with Crippen molar-refractivity contribution in [1.29, 1.82) is 0 Å². The number of hydrogen-bond donors (Lipinski definition) is 0. The molecule has 0 saturated carbocycles. The van der Waals surface area contributed by atoms with Gasteiger partial charge in [-0.15, -0.1) is 0 Å². The minimum atomic E-state index is -0.317. The summed E-state index contributed by atoms with van der Waals surface area (Å²) in [7, 11) is 0. The summed E-state index contributed by atoms with van der Waals surface area (Å²) >= 11 is 0. The number of para-hydroxylation sites is 5. The van der Waals surface area contributed by atoms with E-state index in [0.29, 0.717) is 0 Å². The lowest BCUT2D eigenvalue weighted by Crippen LogP contribution is -2.49. The first-order valence-corrected chi connectivity index (χ1v) is 23.8. The van der Waals surface area contributed by atoms with Gasteiger partial charge in [-0.2, -0.15) is 0 Å². The minimum Gasteiger partial charge on any atom is -0.335 e. The van der Waals surface area contributed by atoms with Gasteiger partial charge in [0, 0.05) is 67.8 Å². The molecule has 4 atom stereocenters. The predicted octanol–water partition coefficient (Wildman–Crippen LogP) is 14.7. The van der Waals surface area contributed by atoms with Gasteiger partial charge in [-0.1, -0.05) is 127 Å². The second-order valence-electron chi connectivity index (χ2n) is 19.1. The molecule has 2 aromatic heterocycles. The van der Waals surface area contributed by atoms with E-state index in [1.54, 1.807) is 11.3 Å². The lowest BCUT2D eigenvalue weighted by molar-refractivity contribution is 0.490. The zero-order chi connectivity index (χ0) is 42.8. The molecule has 8 aromatic rings. The maximum Gasteiger partial charge on any atom is 0.0843 e. The van der Waals surface area contributed by atoms with Gasteiger partial charge < -0.3 is 18.9 Å². The highest BCUT2D eigenvalue weighted by Crippen LogP contribution is 2.61. The fourth-order valence-corrected chi connectivity index (χ4v) is 13.2. The number of aromatic nitrogens is 2. The maximum atomic E-state index is 2.79. The average molecular weight is 839 g/mol. The van der Waals surface area contributed by atoms with Gasteiger partial charge in [-0.25, -0.2) is 0 Å². The first kappa shape index (κ1) is 37.1. The van der Waals surface area contributed by atoms with Crippen LogP contribution in [-0.4, -0.2) is 20.7 Å². The molecule has 0 spiro atoms. The Balaban J connectivity index is 1.16. The van der Waals surface area contributed by atoms with E-state index in [-0.39, 0.29) is 23.4 Å². The molecular formula is C61H50N4. The highest BCUT2D eigenvalue weighted by Gasteiger charge is 2.57. The lowest BCUT2D eigenvalue weighted by Gasteiger charge is -2.44. The van der Waals surface area contributed by atoms with Crippen LogP contribution in [0.15, 0.2) is 211 Å². The normalized spacial score (nSPS) is 23.0. The van der Waals surface area contributed by atoms with Crippen LogP contribution in [0.2, 0.25) is 0 Å². The summed E-state index contributed by atoms with van der Waals surface area (Å²) in [4.78, 5) is 5.56. The van der Waals surface area contributed by atoms with E-state index < -0.39 is 0 Å². The van der Waals surface area contributed by atoms with Crippen molar-refractivity contribution < 1.29 is 0 Å². The largest absolute Gasteiger partial charge is 0.335 e. The monoisotopic (exact) mass is 838 g/mol. The fraction of sp³-hybridized carbons (Fsp3) is 0.180. The van der Waals surface area contributed by atoms with Gasteiger partial charge in [0.15, 0.2) is 0 Å². The molecule has 4 heterocycles. The van der Waals surface area contributed by atoms with Gasteiger partial charge in [0.25, 0.3) is 0 Å². The van der Waals surface area contributed by atoms with Gasteiger partial charge in [0.1, 0.15) is 0 Å². The zero-order valence-electron chi connectivity index (χ0n) is 36.7. The summed E-state index contributed by atoms with van der Waals surface area (Å²) < 4.78 is 5.16. The molecule has 0 fully saturated rings. The molecule has 0 N–H and O–H groups in total. The van der Waals surface area contributed by atoms with Crippen molar-refractivity contribution in [2.75, 3.05) is 9.80 Å². The number of anilines is 2. The van der Waals surface area contributed by atoms with Crippen molar-refractivity contribution in [3.63, 3.8) is 0 Å². The topological polar surface area (TPSA) is 16.3 Å². The van der Waals surface area contributed by atoms with Crippen molar-refractivity contribution in [1.82, 2.24) is 9.13 Å². The van der Waals surface area contributed by atoms with Crippen LogP contribution in [0.25, 0.3) is 55.7 Å². The van der Waals surface area contributed by atoms with E-state index in [0.717, 1.165) is 25.7 Å². The fourth-order valence-electron chi connectivity index (χ4n) is 13.2. The molecule has 314 valence electrons. The third kappa shape index (κ3) is 5.14. The van der Waals surface area contributed by atoms with Gasteiger partial charge >= 0.3 is 0 Å². The highest BCUT2D eigenvalue weighted by molar-refractivity contribution is 6.24. The Bertz CT molecular complexity index is 3450. The first-order valence-electron chi connectivity index (χ1n) is 23.8. The summed E-state index contributed by atoms with van der Waals surface area (Å²) in [5.74, 6) is 0.352. The Kier molecular flexibility index (Phi) is 8.05. The molecule has 4 aliphatic carbocycles. The summed E-state index contributed by atoms with van der Waals surface area (Å²) in [6.07, 6.45) is 23.9. The molecule has 0 radical (unpaired) electrons. The Morgan fingerprint density at radius 3 is 2.03 bits per heavy atom. The van der Waals surface area contributed by atoms with E-state index in [4.69, 9.17) is 0 Å². The van der Waals surface area contributed by atoms with Crippen LogP contribution >= 0.6 is 0 Å². The number of aryl methyl sites for hydroxylation is 1. The number of hydrogen-bond acceptors (Lipinski definition) is 2. The Labute approximate surface area is 380 Å². The summed E-state index contributed by atoms with van der Waals surface area (Å²) in [5.41, 5.74) is 20.0. The molecule has 0 saturated heterocycles. The third-order valence-electron chi connectivity index (χ3n) is 15.7. The van der Waals surface area contributed by atoms with E-state index in [9.17, 15) is 0 Å². The molecule has 14 rings (SSSR count). The van der Waals surface area contributed by atoms with Gasteiger partial charge in [0.05, 0.1) is 28.1 Å². The average Bonchev–Trinajstić information content (AvgIpc) is 4.08.